The van der Waals surface area contributed by atoms with Gasteiger partial charge in [0, 0.05) is 6.54 Å². The van der Waals surface area contributed by atoms with E-state index in [1.165, 1.54) is 7.11 Å². The van der Waals surface area contributed by atoms with Crippen LogP contribution in [0.1, 0.15) is 35.0 Å². The molecule has 0 bridgehead atoms. The molecule has 24 heavy (non-hydrogen) atoms. The van der Waals surface area contributed by atoms with Gasteiger partial charge in [0.1, 0.15) is 11.5 Å². The summed E-state index contributed by atoms with van der Waals surface area (Å²) in [6.07, 6.45) is 3.41. The van der Waals surface area contributed by atoms with Crippen molar-refractivity contribution in [3.05, 3.63) is 54.0 Å². The molecule has 2 amide bonds. The van der Waals surface area contributed by atoms with Crippen LogP contribution in [0.5, 0.6) is 5.75 Å². The normalized spacial score (nSPS) is 16.9. The fourth-order valence-corrected chi connectivity index (χ4v) is 3.03. The first-order valence-electron chi connectivity index (χ1n) is 7.95. The van der Waals surface area contributed by atoms with Gasteiger partial charge in [0.25, 0.3) is 5.91 Å². The van der Waals surface area contributed by atoms with E-state index in [1.807, 2.05) is 12.1 Å². The smallest absolute Gasteiger partial charge is 0.255 e. The minimum Gasteiger partial charge on any atom is -0.496 e. The van der Waals surface area contributed by atoms with Crippen molar-refractivity contribution in [2.24, 2.45) is 0 Å². The Morgan fingerprint density at radius 1 is 1.29 bits per heavy atom. The van der Waals surface area contributed by atoms with Crippen molar-refractivity contribution >= 4 is 11.8 Å². The predicted octanol–water partition coefficient (Wildman–Crippen LogP) is 2.38. The highest BCUT2D eigenvalue weighted by molar-refractivity contribution is 5.98. The van der Waals surface area contributed by atoms with Crippen molar-refractivity contribution < 1.29 is 18.7 Å². The van der Waals surface area contributed by atoms with Gasteiger partial charge in [-0.25, -0.2) is 0 Å². The van der Waals surface area contributed by atoms with Gasteiger partial charge in [-0.2, -0.15) is 0 Å². The van der Waals surface area contributed by atoms with E-state index in [2.05, 4.69) is 5.32 Å². The number of hydrogen-bond donors (Lipinski definition) is 1. The number of carbonyl (C=O) groups excluding carboxylic acids is 2. The average molecular weight is 328 g/mol. The van der Waals surface area contributed by atoms with Crippen molar-refractivity contribution in [2.45, 2.75) is 18.9 Å². The van der Waals surface area contributed by atoms with Crippen molar-refractivity contribution in [2.75, 3.05) is 20.2 Å². The Morgan fingerprint density at radius 2 is 2.12 bits per heavy atom. The molecule has 2 aromatic rings. The molecule has 1 saturated heterocycles. The first kappa shape index (κ1) is 16.1. The second kappa shape index (κ2) is 7.21. The number of nitrogens with one attached hydrogen (secondary N) is 1. The monoisotopic (exact) mass is 328 g/mol. The maximum absolute atomic E-state index is 12.5. The van der Waals surface area contributed by atoms with Crippen LogP contribution in [-0.2, 0) is 4.79 Å². The molecule has 1 fully saturated rings. The molecule has 1 aromatic carbocycles. The van der Waals surface area contributed by atoms with Crippen LogP contribution in [0, 0.1) is 0 Å². The minimum absolute atomic E-state index is 0.0457. The molecule has 126 valence electrons. The van der Waals surface area contributed by atoms with Crippen molar-refractivity contribution in [1.29, 1.82) is 0 Å². The van der Waals surface area contributed by atoms with Gasteiger partial charge in [-0.05, 0) is 37.1 Å². The predicted molar refractivity (Wildman–Crippen MR) is 87.7 cm³/mol. The van der Waals surface area contributed by atoms with Crippen LogP contribution < -0.4 is 10.1 Å². The van der Waals surface area contributed by atoms with E-state index in [-0.39, 0.29) is 24.4 Å². The number of para-hydroxylation sites is 1. The highest BCUT2D eigenvalue weighted by atomic mass is 16.5. The van der Waals surface area contributed by atoms with E-state index in [1.54, 1.807) is 35.4 Å². The zero-order valence-corrected chi connectivity index (χ0v) is 13.5. The molecule has 1 N–H and O–H groups in total. The summed E-state index contributed by atoms with van der Waals surface area (Å²) in [4.78, 5) is 26.5. The third-order valence-corrected chi connectivity index (χ3v) is 4.20. The summed E-state index contributed by atoms with van der Waals surface area (Å²) in [6, 6.07) is 10.6. The number of benzene rings is 1. The van der Waals surface area contributed by atoms with Crippen LogP contribution in [0.25, 0.3) is 0 Å². The summed E-state index contributed by atoms with van der Waals surface area (Å²) < 4.78 is 10.6. The van der Waals surface area contributed by atoms with Crippen LogP contribution in [0.2, 0.25) is 0 Å². The lowest BCUT2D eigenvalue weighted by Gasteiger charge is -2.23. The zero-order valence-electron chi connectivity index (χ0n) is 13.5. The number of likely N-dealkylation sites (tertiary alicyclic amines) is 1. The van der Waals surface area contributed by atoms with Crippen LogP contribution in [-0.4, -0.2) is 36.9 Å². The molecule has 0 aliphatic carbocycles. The Hall–Kier alpha value is -2.76. The largest absolute Gasteiger partial charge is 0.496 e. The summed E-state index contributed by atoms with van der Waals surface area (Å²) >= 11 is 0. The van der Waals surface area contributed by atoms with Crippen molar-refractivity contribution in [1.82, 2.24) is 10.2 Å². The van der Waals surface area contributed by atoms with E-state index in [0.717, 1.165) is 18.6 Å². The maximum Gasteiger partial charge on any atom is 0.255 e. The molecule has 2 heterocycles. The molecule has 1 aromatic heterocycles. The molecular formula is C18H20N2O4. The fraction of sp³-hybridized carbons (Fsp3) is 0.333. The van der Waals surface area contributed by atoms with Gasteiger partial charge in [0.05, 0.1) is 31.5 Å². The van der Waals surface area contributed by atoms with Crippen LogP contribution in [0.3, 0.4) is 0 Å². The summed E-state index contributed by atoms with van der Waals surface area (Å²) in [5.41, 5.74) is 0.414. The minimum atomic E-state index is -0.324. The SMILES string of the molecule is COc1ccccc1C(=O)NCC(=O)N1CCC[C@H]1c1ccco1. The third-order valence-electron chi connectivity index (χ3n) is 4.20. The van der Waals surface area contributed by atoms with Gasteiger partial charge in [0.2, 0.25) is 5.91 Å². The standard InChI is InChI=1S/C18H20N2O4/c1-23-15-8-3-2-6-13(15)18(22)19-12-17(21)20-10-4-7-14(20)16-9-5-11-24-16/h2-3,5-6,8-9,11,14H,4,7,10,12H2,1H3,(H,19,22)/t14-/m0/s1. The Balaban J connectivity index is 1.62. The van der Waals surface area contributed by atoms with E-state index in [4.69, 9.17) is 9.15 Å². The van der Waals surface area contributed by atoms with Crippen molar-refractivity contribution in [3.8, 4) is 5.75 Å². The lowest BCUT2D eigenvalue weighted by Crippen LogP contribution is -2.39. The van der Waals surface area contributed by atoms with E-state index in [0.29, 0.717) is 17.9 Å². The molecule has 1 aliphatic heterocycles. The Morgan fingerprint density at radius 3 is 2.88 bits per heavy atom. The molecule has 3 rings (SSSR count). The highest BCUT2D eigenvalue weighted by Crippen LogP contribution is 2.31. The lowest BCUT2D eigenvalue weighted by atomic mass is 10.1. The molecule has 6 heteroatoms. The quantitative estimate of drug-likeness (QED) is 0.915. The number of hydrogen-bond acceptors (Lipinski definition) is 4. The second-order valence-electron chi connectivity index (χ2n) is 5.64. The van der Waals surface area contributed by atoms with E-state index in [9.17, 15) is 9.59 Å². The van der Waals surface area contributed by atoms with Gasteiger partial charge in [-0.1, -0.05) is 12.1 Å². The van der Waals surface area contributed by atoms with Crippen LogP contribution in [0.4, 0.5) is 0 Å². The molecule has 0 unspecified atom stereocenters. The molecular weight excluding hydrogens is 308 g/mol. The summed E-state index contributed by atoms with van der Waals surface area (Å²) in [7, 11) is 1.51. The number of methoxy groups -OCH3 is 1. The maximum atomic E-state index is 12.5. The van der Waals surface area contributed by atoms with Crippen LogP contribution >= 0.6 is 0 Å². The second-order valence-corrected chi connectivity index (χ2v) is 5.64. The number of furan rings is 1. The first-order chi connectivity index (χ1) is 11.7. The van der Waals surface area contributed by atoms with Gasteiger partial charge in [0.15, 0.2) is 0 Å². The van der Waals surface area contributed by atoms with Crippen LogP contribution in [0.15, 0.2) is 47.1 Å². The number of ether oxygens (including phenoxy) is 1. The first-order valence-corrected chi connectivity index (χ1v) is 7.95. The Bertz CT molecular complexity index is 712. The Labute approximate surface area is 140 Å². The van der Waals surface area contributed by atoms with Crippen molar-refractivity contribution in [3.63, 3.8) is 0 Å². The lowest BCUT2D eigenvalue weighted by molar-refractivity contribution is -0.131. The van der Waals surface area contributed by atoms with E-state index >= 15 is 0 Å². The third kappa shape index (κ3) is 3.27. The van der Waals surface area contributed by atoms with E-state index < -0.39 is 0 Å². The molecule has 6 nitrogen and oxygen atoms in total. The molecule has 1 atom stereocenters. The number of carbonyl (C=O) groups is 2. The topological polar surface area (TPSA) is 71.8 Å². The van der Waals surface area contributed by atoms with Gasteiger partial charge < -0.3 is 19.4 Å². The average Bonchev–Trinajstić information content (AvgIpc) is 3.29. The summed E-state index contributed by atoms with van der Waals surface area (Å²) in [6.45, 7) is 0.628. The van der Waals surface area contributed by atoms with Gasteiger partial charge >= 0.3 is 0 Å². The Kier molecular flexibility index (Phi) is 4.84. The summed E-state index contributed by atoms with van der Waals surface area (Å²) in [5.74, 6) is 0.834. The zero-order chi connectivity index (χ0) is 16.9. The molecule has 0 saturated carbocycles. The molecule has 0 radical (unpaired) electrons. The molecule has 1 aliphatic rings. The number of amides is 2. The number of nitrogens with zero attached hydrogens (tertiary/aromatic N) is 1. The number of rotatable bonds is 5. The van der Waals surface area contributed by atoms with Gasteiger partial charge in [-0.15, -0.1) is 0 Å². The molecule has 0 spiro atoms. The fourth-order valence-electron chi connectivity index (χ4n) is 3.03. The van der Waals surface area contributed by atoms with Gasteiger partial charge in [-0.3, -0.25) is 9.59 Å². The summed E-state index contributed by atoms with van der Waals surface area (Å²) in [5, 5.41) is 2.68. The highest BCUT2D eigenvalue weighted by Gasteiger charge is 2.31.